The molecule has 2 unspecified atom stereocenters. The Morgan fingerprint density at radius 2 is 1.73 bits per heavy atom. The van der Waals surface area contributed by atoms with Crippen molar-refractivity contribution in [1.29, 1.82) is 0 Å². The topological polar surface area (TPSA) is 64.0 Å². The van der Waals surface area contributed by atoms with E-state index >= 15 is 0 Å². The Balaban J connectivity index is 1.35. The zero-order valence-corrected chi connectivity index (χ0v) is 17.3. The Morgan fingerprint density at radius 3 is 2.43 bits per heavy atom. The van der Waals surface area contributed by atoms with Crippen LogP contribution in [-0.4, -0.2) is 46.2 Å². The SMILES string of the molecule is CO[C@H]1CCN(c2cc(C3CC3c3cnc(-c4ncccn4)nc3)cc(Cl)c2F)C1. The van der Waals surface area contributed by atoms with Crippen molar-refractivity contribution in [3.8, 4) is 11.6 Å². The summed E-state index contributed by atoms with van der Waals surface area (Å²) in [5.74, 6) is 1.24. The normalized spacial score (nSPS) is 23.0. The lowest BCUT2D eigenvalue weighted by Crippen LogP contribution is -2.23. The minimum Gasteiger partial charge on any atom is -0.380 e. The summed E-state index contributed by atoms with van der Waals surface area (Å²) in [6.07, 6.45) is 8.98. The molecule has 0 radical (unpaired) electrons. The van der Waals surface area contributed by atoms with Gasteiger partial charge in [0.15, 0.2) is 17.5 Å². The number of nitrogens with zero attached hydrogens (tertiary/aromatic N) is 5. The molecule has 1 saturated carbocycles. The molecule has 2 aliphatic rings. The van der Waals surface area contributed by atoms with Crippen molar-refractivity contribution >= 4 is 17.3 Å². The van der Waals surface area contributed by atoms with Gasteiger partial charge >= 0.3 is 0 Å². The van der Waals surface area contributed by atoms with Gasteiger partial charge in [-0.05, 0) is 54.0 Å². The van der Waals surface area contributed by atoms with Crippen LogP contribution in [0.2, 0.25) is 5.02 Å². The summed E-state index contributed by atoms with van der Waals surface area (Å²) in [5, 5.41) is 0.168. The Hall–Kier alpha value is -2.64. The number of anilines is 1. The molecule has 2 aromatic heterocycles. The van der Waals surface area contributed by atoms with E-state index < -0.39 is 0 Å². The first kappa shape index (κ1) is 19.3. The highest BCUT2D eigenvalue weighted by Crippen LogP contribution is 2.55. The van der Waals surface area contributed by atoms with Gasteiger partial charge in [0.1, 0.15) is 0 Å². The highest BCUT2D eigenvalue weighted by atomic mass is 35.5. The molecule has 8 heteroatoms. The van der Waals surface area contributed by atoms with Crippen LogP contribution in [0.4, 0.5) is 10.1 Å². The monoisotopic (exact) mass is 425 g/mol. The van der Waals surface area contributed by atoms with Gasteiger partial charge < -0.3 is 9.64 Å². The van der Waals surface area contributed by atoms with E-state index in [4.69, 9.17) is 16.3 Å². The van der Waals surface area contributed by atoms with Gasteiger partial charge in [-0.15, -0.1) is 0 Å². The second-order valence-corrected chi connectivity index (χ2v) is 8.20. The van der Waals surface area contributed by atoms with Gasteiger partial charge in [0.05, 0.1) is 16.8 Å². The average molecular weight is 426 g/mol. The maximum absolute atomic E-state index is 14.7. The van der Waals surface area contributed by atoms with Crippen LogP contribution in [-0.2, 0) is 4.74 Å². The first-order chi connectivity index (χ1) is 14.6. The summed E-state index contributed by atoms with van der Waals surface area (Å²) in [4.78, 5) is 19.2. The summed E-state index contributed by atoms with van der Waals surface area (Å²) in [6.45, 7) is 1.44. The Morgan fingerprint density at radius 1 is 1.03 bits per heavy atom. The van der Waals surface area contributed by atoms with E-state index in [9.17, 15) is 4.39 Å². The lowest BCUT2D eigenvalue weighted by Gasteiger charge is -2.21. The Bertz CT molecular complexity index is 1050. The van der Waals surface area contributed by atoms with Crippen LogP contribution in [0.5, 0.6) is 0 Å². The number of methoxy groups -OCH3 is 1. The second kappa shape index (κ2) is 7.89. The average Bonchev–Trinajstić information content (AvgIpc) is 3.45. The Labute approximate surface area is 179 Å². The fourth-order valence-corrected chi connectivity index (χ4v) is 4.39. The molecule has 3 heterocycles. The van der Waals surface area contributed by atoms with E-state index in [0.717, 1.165) is 30.5 Å². The first-order valence-corrected chi connectivity index (χ1v) is 10.4. The molecule has 1 aromatic carbocycles. The highest BCUT2D eigenvalue weighted by Gasteiger charge is 2.41. The predicted octanol–water partition coefficient (Wildman–Crippen LogP) is 4.22. The zero-order chi connectivity index (χ0) is 20.7. The standard InChI is InChI=1S/C22H21ClFN5O/c1-30-15-3-6-29(12-15)19-8-13(7-18(23)20(19)24)16-9-17(16)14-10-27-22(28-11-14)21-25-4-2-5-26-21/h2,4-5,7-8,10-11,15-17H,3,6,9,12H2,1H3/t15-,16?,17?/m0/s1. The lowest BCUT2D eigenvalue weighted by atomic mass is 10.1. The summed E-state index contributed by atoms with van der Waals surface area (Å²) >= 11 is 6.25. The largest absolute Gasteiger partial charge is 0.380 e. The van der Waals surface area contributed by atoms with Crippen molar-refractivity contribution in [1.82, 2.24) is 19.9 Å². The van der Waals surface area contributed by atoms with Gasteiger partial charge in [0, 0.05) is 45.0 Å². The number of ether oxygens (including phenoxy) is 1. The smallest absolute Gasteiger partial charge is 0.197 e. The minimum atomic E-state index is -0.357. The molecule has 154 valence electrons. The van der Waals surface area contributed by atoms with Crippen molar-refractivity contribution < 1.29 is 9.13 Å². The van der Waals surface area contributed by atoms with E-state index in [1.54, 1.807) is 31.6 Å². The van der Waals surface area contributed by atoms with Crippen LogP contribution in [0.25, 0.3) is 11.6 Å². The van der Waals surface area contributed by atoms with E-state index in [1.807, 2.05) is 23.4 Å². The summed E-state index contributed by atoms with van der Waals surface area (Å²) in [7, 11) is 1.69. The molecule has 5 rings (SSSR count). The third-order valence-corrected chi connectivity index (χ3v) is 6.21. The van der Waals surface area contributed by atoms with Crippen LogP contribution >= 0.6 is 11.6 Å². The minimum absolute atomic E-state index is 0.129. The Kier molecular flexibility index (Phi) is 5.08. The second-order valence-electron chi connectivity index (χ2n) is 7.79. The van der Waals surface area contributed by atoms with Crippen molar-refractivity contribution in [2.75, 3.05) is 25.1 Å². The molecule has 1 saturated heterocycles. The van der Waals surface area contributed by atoms with E-state index in [1.165, 1.54) is 0 Å². The lowest BCUT2D eigenvalue weighted by molar-refractivity contribution is 0.121. The van der Waals surface area contributed by atoms with Crippen molar-refractivity contribution in [3.63, 3.8) is 0 Å². The van der Waals surface area contributed by atoms with Crippen LogP contribution in [0.3, 0.4) is 0 Å². The van der Waals surface area contributed by atoms with Gasteiger partial charge in [-0.1, -0.05) is 11.6 Å². The van der Waals surface area contributed by atoms with Crippen molar-refractivity contribution in [2.24, 2.45) is 0 Å². The summed E-state index contributed by atoms with van der Waals surface area (Å²) < 4.78 is 20.1. The molecular formula is C22H21ClFN5O. The third kappa shape index (κ3) is 3.63. The predicted molar refractivity (Wildman–Crippen MR) is 112 cm³/mol. The van der Waals surface area contributed by atoms with Gasteiger partial charge in [0.25, 0.3) is 0 Å². The fourth-order valence-electron chi connectivity index (χ4n) is 4.17. The van der Waals surface area contributed by atoms with Crippen molar-refractivity contribution in [2.45, 2.75) is 30.8 Å². The van der Waals surface area contributed by atoms with Gasteiger partial charge in [-0.25, -0.2) is 24.3 Å². The molecule has 1 aliphatic carbocycles. The van der Waals surface area contributed by atoms with Crippen LogP contribution in [0, 0.1) is 5.82 Å². The number of aromatic nitrogens is 4. The third-order valence-electron chi connectivity index (χ3n) is 5.93. The number of halogens is 2. The number of hydrogen-bond donors (Lipinski definition) is 0. The van der Waals surface area contributed by atoms with Gasteiger partial charge in [-0.3, -0.25) is 0 Å². The molecule has 2 fully saturated rings. The quantitative estimate of drug-likeness (QED) is 0.609. The molecule has 0 N–H and O–H groups in total. The first-order valence-electron chi connectivity index (χ1n) is 10.00. The van der Waals surface area contributed by atoms with E-state index in [2.05, 4.69) is 19.9 Å². The van der Waals surface area contributed by atoms with Crippen LogP contribution in [0.1, 0.15) is 35.8 Å². The molecule has 0 bridgehead atoms. The number of benzene rings is 1. The molecule has 6 nitrogen and oxygen atoms in total. The molecule has 1 aliphatic heterocycles. The maximum atomic E-state index is 14.7. The van der Waals surface area contributed by atoms with E-state index in [0.29, 0.717) is 29.8 Å². The maximum Gasteiger partial charge on any atom is 0.197 e. The highest BCUT2D eigenvalue weighted by molar-refractivity contribution is 6.31. The molecule has 3 aromatic rings. The van der Waals surface area contributed by atoms with Gasteiger partial charge in [0.2, 0.25) is 0 Å². The number of hydrogen-bond acceptors (Lipinski definition) is 6. The summed E-state index contributed by atoms with van der Waals surface area (Å²) in [6, 6.07) is 5.45. The summed E-state index contributed by atoms with van der Waals surface area (Å²) in [5.41, 5.74) is 2.68. The molecule has 3 atom stereocenters. The number of rotatable bonds is 5. The van der Waals surface area contributed by atoms with Crippen molar-refractivity contribution in [3.05, 3.63) is 65.0 Å². The molecule has 0 spiro atoms. The molecule has 0 amide bonds. The van der Waals surface area contributed by atoms with Crippen LogP contribution < -0.4 is 4.90 Å². The van der Waals surface area contributed by atoms with E-state index in [-0.39, 0.29) is 22.9 Å². The zero-order valence-electron chi connectivity index (χ0n) is 16.5. The van der Waals surface area contributed by atoms with Gasteiger partial charge in [-0.2, -0.15) is 0 Å². The van der Waals surface area contributed by atoms with Crippen LogP contribution in [0.15, 0.2) is 43.0 Å². The fraction of sp³-hybridized carbons (Fsp3) is 0.364. The molecular weight excluding hydrogens is 405 g/mol. The molecule has 30 heavy (non-hydrogen) atoms.